The Labute approximate surface area is 155 Å². The molecule has 6 nitrogen and oxygen atoms in total. The highest BCUT2D eigenvalue weighted by atomic mass is 19.1. The number of rotatable bonds is 4. The lowest BCUT2D eigenvalue weighted by Gasteiger charge is -2.55. The lowest BCUT2D eigenvalue weighted by Crippen LogP contribution is -2.63. The van der Waals surface area contributed by atoms with E-state index in [2.05, 4.69) is 5.32 Å². The second-order valence-electron chi connectivity index (χ2n) is 7.26. The number of carbonyl (C=O) groups excluding carboxylic acids is 2. The zero-order chi connectivity index (χ0) is 19.0. The van der Waals surface area contributed by atoms with Crippen molar-refractivity contribution in [2.75, 3.05) is 23.3 Å². The number of ether oxygens (including phenoxy) is 1. The molecule has 7 heteroatoms. The van der Waals surface area contributed by atoms with Crippen molar-refractivity contribution in [2.45, 2.75) is 19.4 Å². The number of ketones is 1. The molecule has 1 saturated heterocycles. The standard InChI is InChI=1S/C20H19FN2O4/c21-15-6-16(22-19(26)27-10-13-4-2-1-3-5-13)18(25)7-17(15)23-11-20(12-23)8-14(24)9-20/h1-7,25H,8-12H2,(H,22,26). The molecule has 0 unspecified atom stereocenters. The summed E-state index contributed by atoms with van der Waals surface area (Å²) in [4.78, 5) is 24.9. The molecule has 1 amide bonds. The van der Waals surface area contributed by atoms with Crippen molar-refractivity contribution in [3.63, 3.8) is 0 Å². The van der Waals surface area contributed by atoms with Crippen molar-refractivity contribution >= 4 is 23.3 Å². The molecule has 1 heterocycles. The minimum Gasteiger partial charge on any atom is -0.506 e. The van der Waals surface area contributed by atoms with E-state index in [4.69, 9.17) is 4.74 Å². The fourth-order valence-corrected chi connectivity index (χ4v) is 3.70. The summed E-state index contributed by atoms with van der Waals surface area (Å²) in [6, 6.07) is 11.5. The summed E-state index contributed by atoms with van der Waals surface area (Å²) in [5.74, 6) is -0.549. The van der Waals surface area contributed by atoms with Gasteiger partial charge in [-0.15, -0.1) is 0 Å². The molecule has 0 bridgehead atoms. The average molecular weight is 370 g/mol. The Bertz CT molecular complexity index is 884. The summed E-state index contributed by atoms with van der Waals surface area (Å²) in [7, 11) is 0. The highest BCUT2D eigenvalue weighted by molar-refractivity contribution is 5.89. The zero-order valence-electron chi connectivity index (χ0n) is 14.6. The van der Waals surface area contributed by atoms with Crippen molar-refractivity contribution in [1.29, 1.82) is 0 Å². The predicted octanol–water partition coefficient (Wildman–Crippen LogP) is 3.45. The molecule has 27 heavy (non-hydrogen) atoms. The molecular weight excluding hydrogens is 351 g/mol. The molecule has 2 N–H and O–H groups in total. The minimum atomic E-state index is -0.780. The lowest BCUT2D eigenvalue weighted by atomic mass is 9.62. The fourth-order valence-electron chi connectivity index (χ4n) is 3.70. The van der Waals surface area contributed by atoms with Crippen molar-refractivity contribution in [2.24, 2.45) is 5.41 Å². The highest BCUT2D eigenvalue weighted by Crippen LogP contribution is 2.48. The second kappa shape index (κ2) is 6.57. The van der Waals surface area contributed by atoms with E-state index in [1.54, 1.807) is 4.90 Å². The van der Waals surface area contributed by atoms with Gasteiger partial charge in [0.05, 0.1) is 11.4 Å². The minimum absolute atomic E-state index is 0.0166. The van der Waals surface area contributed by atoms with E-state index in [1.165, 1.54) is 6.07 Å². The summed E-state index contributed by atoms with van der Waals surface area (Å²) in [6.07, 6.45) is 0.311. The molecule has 4 rings (SSSR count). The van der Waals surface area contributed by atoms with Crippen LogP contribution in [0.15, 0.2) is 42.5 Å². The van der Waals surface area contributed by atoms with E-state index >= 15 is 0 Å². The highest BCUT2D eigenvalue weighted by Gasteiger charge is 2.52. The predicted molar refractivity (Wildman–Crippen MR) is 97.2 cm³/mol. The van der Waals surface area contributed by atoms with Gasteiger partial charge in [-0.1, -0.05) is 30.3 Å². The molecular formula is C20H19FN2O4. The van der Waals surface area contributed by atoms with Crippen molar-refractivity contribution < 1.29 is 23.8 Å². The normalized spacial score (nSPS) is 17.2. The molecule has 1 aliphatic carbocycles. The maximum absolute atomic E-state index is 14.4. The molecule has 1 saturated carbocycles. The van der Waals surface area contributed by atoms with Gasteiger partial charge in [0.15, 0.2) is 0 Å². The Morgan fingerprint density at radius 1 is 1.22 bits per heavy atom. The van der Waals surface area contributed by atoms with Crippen LogP contribution in [0.4, 0.5) is 20.6 Å². The van der Waals surface area contributed by atoms with Crippen LogP contribution in [-0.2, 0) is 16.1 Å². The van der Waals surface area contributed by atoms with Gasteiger partial charge in [-0.25, -0.2) is 9.18 Å². The number of carbonyl (C=O) groups is 2. The van der Waals surface area contributed by atoms with Crippen LogP contribution in [-0.4, -0.2) is 30.1 Å². The van der Waals surface area contributed by atoms with Crippen molar-refractivity contribution in [3.8, 4) is 5.75 Å². The van der Waals surface area contributed by atoms with Crippen LogP contribution >= 0.6 is 0 Å². The number of amides is 1. The van der Waals surface area contributed by atoms with Gasteiger partial charge >= 0.3 is 6.09 Å². The molecule has 1 aliphatic heterocycles. The smallest absolute Gasteiger partial charge is 0.412 e. The van der Waals surface area contributed by atoms with Crippen LogP contribution in [0.2, 0.25) is 0 Å². The number of nitrogens with zero attached hydrogens (tertiary/aromatic N) is 1. The summed E-state index contributed by atoms with van der Waals surface area (Å²) in [5, 5.41) is 12.5. The number of anilines is 2. The first-order valence-corrected chi connectivity index (χ1v) is 8.71. The van der Waals surface area contributed by atoms with Gasteiger partial charge in [0.2, 0.25) is 0 Å². The van der Waals surface area contributed by atoms with Gasteiger partial charge in [0.1, 0.15) is 24.0 Å². The number of phenolic OH excluding ortho intramolecular Hbond substituents is 1. The molecule has 0 radical (unpaired) electrons. The molecule has 0 atom stereocenters. The largest absolute Gasteiger partial charge is 0.506 e. The van der Waals surface area contributed by atoms with Crippen LogP contribution < -0.4 is 10.2 Å². The Hall–Kier alpha value is -3.09. The van der Waals surface area contributed by atoms with E-state index in [0.29, 0.717) is 25.9 Å². The van der Waals surface area contributed by atoms with Gasteiger partial charge in [0, 0.05) is 43.5 Å². The van der Waals surface area contributed by atoms with Crippen LogP contribution in [0.25, 0.3) is 0 Å². The first kappa shape index (κ1) is 17.3. The first-order chi connectivity index (χ1) is 12.9. The van der Waals surface area contributed by atoms with E-state index in [0.717, 1.165) is 11.6 Å². The Morgan fingerprint density at radius 3 is 2.59 bits per heavy atom. The van der Waals surface area contributed by atoms with Crippen LogP contribution in [0, 0.1) is 11.2 Å². The number of aromatic hydroxyl groups is 1. The summed E-state index contributed by atoms with van der Waals surface area (Å²) >= 11 is 0. The number of halogens is 1. The van der Waals surface area contributed by atoms with Gasteiger partial charge in [0.25, 0.3) is 0 Å². The fraction of sp³-hybridized carbons (Fsp3) is 0.300. The number of hydrogen-bond donors (Lipinski definition) is 2. The monoisotopic (exact) mass is 370 g/mol. The average Bonchev–Trinajstić information content (AvgIpc) is 2.59. The topological polar surface area (TPSA) is 78.9 Å². The number of Topliss-reactive ketones (excluding diaryl/α,β-unsaturated/α-hetero) is 1. The Morgan fingerprint density at radius 2 is 1.93 bits per heavy atom. The third-order valence-corrected chi connectivity index (χ3v) is 5.05. The van der Waals surface area contributed by atoms with Gasteiger partial charge < -0.3 is 14.7 Å². The Kier molecular flexibility index (Phi) is 4.22. The molecule has 1 spiro atoms. The third kappa shape index (κ3) is 3.45. The second-order valence-corrected chi connectivity index (χ2v) is 7.26. The van der Waals surface area contributed by atoms with Gasteiger partial charge in [-0.05, 0) is 5.56 Å². The van der Waals surface area contributed by atoms with E-state index in [9.17, 15) is 19.1 Å². The molecule has 2 aliphatic rings. The zero-order valence-corrected chi connectivity index (χ0v) is 14.6. The summed E-state index contributed by atoms with van der Waals surface area (Å²) in [5.41, 5.74) is 1.01. The molecule has 0 aromatic heterocycles. The quantitative estimate of drug-likeness (QED) is 0.806. The maximum Gasteiger partial charge on any atom is 0.412 e. The van der Waals surface area contributed by atoms with Crippen molar-refractivity contribution in [3.05, 3.63) is 53.8 Å². The van der Waals surface area contributed by atoms with Crippen LogP contribution in [0.5, 0.6) is 5.75 Å². The van der Waals surface area contributed by atoms with Crippen LogP contribution in [0.3, 0.4) is 0 Å². The van der Waals surface area contributed by atoms with E-state index in [1.807, 2.05) is 30.3 Å². The van der Waals surface area contributed by atoms with Crippen molar-refractivity contribution in [1.82, 2.24) is 0 Å². The number of nitrogens with one attached hydrogen (secondary N) is 1. The molecule has 140 valence electrons. The number of hydrogen-bond acceptors (Lipinski definition) is 5. The number of phenols is 1. The molecule has 2 aromatic carbocycles. The van der Waals surface area contributed by atoms with Gasteiger partial charge in [-0.3, -0.25) is 10.1 Å². The summed E-state index contributed by atoms with van der Waals surface area (Å²) < 4.78 is 19.5. The van der Waals surface area contributed by atoms with Crippen LogP contribution in [0.1, 0.15) is 18.4 Å². The van der Waals surface area contributed by atoms with Gasteiger partial charge in [-0.2, -0.15) is 0 Å². The molecule has 2 aromatic rings. The summed E-state index contributed by atoms with van der Waals surface area (Å²) in [6.45, 7) is 1.27. The number of benzene rings is 2. The first-order valence-electron chi connectivity index (χ1n) is 8.71. The SMILES string of the molecule is O=C1CC2(C1)CN(c1cc(O)c(NC(=O)OCc3ccccc3)cc1F)C2. The lowest BCUT2D eigenvalue weighted by molar-refractivity contribution is -0.134. The third-order valence-electron chi connectivity index (χ3n) is 5.05. The maximum atomic E-state index is 14.4. The van der Waals surface area contributed by atoms with E-state index < -0.39 is 11.9 Å². The molecule has 2 fully saturated rings. The Balaban J connectivity index is 1.37. The van der Waals surface area contributed by atoms with E-state index in [-0.39, 0.29) is 34.9 Å².